The Kier molecular flexibility index (Phi) is 8.76. The molecule has 9 heteroatoms. The molecule has 1 saturated heterocycles. The van der Waals surface area contributed by atoms with Gasteiger partial charge in [0, 0.05) is 36.4 Å². The van der Waals surface area contributed by atoms with Crippen molar-refractivity contribution < 1.29 is 27.8 Å². The molecule has 0 radical (unpaired) electrons. The highest BCUT2D eigenvalue weighted by atomic mass is 19.1. The fourth-order valence-corrected chi connectivity index (χ4v) is 5.51. The molecule has 0 bridgehead atoms. The molecule has 2 heterocycles. The number of carboxylic acid groups (broad SMARTS) is 1. The van der Waals surface area contributed by atoms with Gasteiger partial charge in [0.25, 0.3) is 0 Å². The van der Waals surface area contributed by atoms with Gasteiger partial charge in [0.05, 0.1) is 19.0 Å². The molecule has 1 aromatic heterocycles. The number of alkyl halides is 1. The molecule has 0 spiro atoms. The van der Waals surface area contributed by atoms with Crippen LogP contribution < -0.4 is 10.1 Å². The van der Waals surface area contributed by atoms with Crippen molar-refractivity contribution in [3.63, 3.8) is 0 Å². The number of nitrogens with one attached hydrogen (secondary N) is 1. The Labute approximate surface area is 220 Å². The number of rotatable bonds is 11. The van der Waals surface area contributed by atoms with Crippen LogP contribution in [0.5, 0.6) is 5.75 Å². The molecule has 4 rings (SSSR count). The zero-order chi connectivity index (χ0) is 27.3. The number of ether oxygens (including phenoxy) is 1. The zero-order valence-electron chi connectivity index (χ0n) is 21.8. The zero-order valence-corrected chi connectivity index (χ0v) is 21.8. The highest BCUT2D eigenvalue weighted by Gasteiger charge is 2.37. The molecule has 0 saturated carbocycles. The Hall–Kier alpha value is -3.33. The predicted molar refractivity (Wildman–Crippen MR) is 141 cm³/mol. The Morgan fingerprint density at radius 3 is 2.55 bits per heavy atom. The second-order valence-electron chi connectivity index (χ2n) is 10.2. The summed E-state index contributed by atoms with van der Waals surface area (Å²) in [6.07, 6.45) is 2.38. The van der Waals surface area contributed by atoms with Gasteiger partial charge in [-0.2, -0.15) is 0 Å². The number of aryl methyl sites for hydroxylation is 1. The summed E-state index contributed by atoms with van der Waals surface area (Å²) in [6, 6.07) is 8.72. The maximum atomic E-state index is 15.8. The summed E-state index contributed by atoms with van der Waals surface area (Å²) in [5.74, 6) is -1.52. The number of aromatic nitrogens is 1. The molecule has 1 aliphatic heterocycles. The fraction of sp³-hybridized carbons (Fsp3) is 0.448. The minimum Gasteiger partial charge on any atom is -0.497 e. The summed E-state index contributed by atoms with van der Waals surface area (Å²) in [6.45, 7) is 4.34. The number of benzene rings is 2. The molecule has 0 aliphatic carbocycles. The summed E-state index contributed by atoms with van der Waals surface area (Å²) in [5, 5.41) is 13.4. The number of likely N-dealkylation sites (tertiary alicyclic amines) is 1. The molecule has 2 aromatic carbocycles. The third-order valence-electron chi connectivity index (χ3n) is 7.62. The maximum Gasteiger partial charge on any atom is 0.303 e. The topological polar surface area (TPSA) is 74.7 Å². The number of anilines is 1. The quantitative estimate of drug-likeness (QED) is 0.304. The van der Waals surface area contributed by atoms with Gasteiger partial charge in [-0.3, -0.25) is 9.78 Å². The van der Waals surface area contributed by atoms with Gasteiger partial charge in [0.2, 0.25) is 0 Å². The monoisotopic (exact) mass is 529 g/mol. The second-order valence-corrected chi connectivity index (χ2v) is 10.2. The van der Waals surface area contributed by atoms with Crippen molar-refractivity contribution in [3.05, 3.63) is 65.4 Å². The van der Waals surface area contributed by atoms with Crippen molar-refractivity contribution in [2.45, 2.75) is 45.2 Å². The van der Waals surface area contributed by atoms with E-state index in [1.807, 2.05) is 13.0 Å². The summed E-state index contributed by atoms with van der Waals surface area (Å²) in [4.78, 5) is 18.4. The lowest BCUT2D eigenvalue weighted by Crippen LogP contribution is -2.43. The molecule has 204 valence electrons. The molecule has 1 fully saturated rings. The molecule has 6 nitrogen and oxygen atoms in total. The third kappa shape index (κ3) is 6.75. The number of methoxy groups -OCH3 is 1. The van der Waals surface area contributed by atoms with E-state index in [0.29, 0.717) is 73.3 Å². The molecule has 38 heavy (non-hydrogen) atoms. The fourth-order valence-electron chi connectivity index (χ4n) is 5.51. The van der Waals surface area contributed by atoms with Crippen LogP contribution in [0.1, 0.15) is 49.4 Å². The van der Waals surface area contributed by atoms with Crippen molar-refractivity contribution >= 4 is 22.6 Å². The van der Waals surface area contributed by atoms with Crippen molar-refractivity contribution in [1.29, 1.82) is 0 Å². The van der Waals surface area contributed by atoms with E-state index in [2.05, 4.69) is 15.2 Å². The number of fused-ring (bicyclic) bond motifs is 1. The number of carbonyl (C=O) groups is 1. The number of carboxylic acids is 1. The smallest absolute Gasteiger partial charge is 0.303 e. The molecule has 3 aromatic rings. The second kappa shape index (κ2) is 12.0. The highest BCUT2D eigenvalue weighted by Crippen LogP contribution is 2.43. The van der Waals surface area contributed by atoms with Gasteiger partial charge in [-0.05, 0) is 92.6 Å². The average Bonchev–Trinajstić information content (AvgIpc) is 2.87. The SMILES string of the molecule is COc1ccc2ncc(C)c([C@H](F)CCC3(CC(=O)O)CCN(CCNc4cc(F)cc(F)c4)CC3)c2c1. The lowest BCUT2D eigenvalue weighted by atomic mass is 9.71. The lowest BCUT2D eigenvalue weighted by Gasteiger charge is -2.41. The van der Waals surface area contributed by atoms with Crippen LogP contribution in [0.4, 0.5) is 18.9 Å². The van der Waals surface area contributed by atoms with E-state index in [9.17, 15) is 18.7 Å². The van der Waals surface area contributed by atoms with E-state index >= 15 is 4.39 Å². The minimum atomic E-state index is -1.26. The van der Waals surface area contributed by atoms with Gasteiger partial charge in [-0.25, -0.2) is 13.2 Å². The average molecular weight is 530 g/mol. The first-order chi connectivity index (χ1) is 18.2. The van der Waals surface area contributed by atoms with E-state index in [1.165, 1.54) is 12.1 Å². The van der Waals surface area contributed by atoms with Crippen LogP contribution in [-0.2, 0) is 4.79 Å². The number of hydrogen-bond donors (Lipinski definition) is 2. The number of nitrogens with zero attached hydrogens (tertiary/aromatic N) is 2. The molecule has 1 aliphatic rings. The molecule has 2 N–H and O–H groups in total. The largest absolute Gasteiger partial charge is 0.497 e. The molecule has 1 atom stereocenters. The molecule has 0 unspecified atom stereocenters. The van der Waals surface area contributed by atoms with Crippen LogP contribution in [-0.4, -0.2) is 54.2 Å². The number of pyridine rings is 1. The Bertz CT molecular complexity index is 1260. The van der Waals surface area contributed by atoms with Crippen LogP contribution in [0, 0.1) is 24.0 Å². The van der Waals surface area contributed by atoms with Gasteiger partial charge >= 0.3 is 5.97 Å². The van der Waals surface area contributed by atoms with Crippen LogP contribution in [0.3, 0.4) is 0 Å². The summed E-state index contributed by atoms with van der Waals surface area (Å²) < 4.78 is 47.9. The lowest BCUT2D eigenvalue weighted by molar-refractivity contribution is -0.141. The first-order valence-corrected chi connectivity index (χ1v) is 12.9. The summed E-state index contributed by atoms with van der Waals surface area (Å²) in [7, 11) is 1.57. The number of aliphatic carboxylic acids is 1. The number of hydrogen-bond acceptors (Lipinski definition) is 5. The maximum absolute atomic E-state index is 15.8. The number of halogens is 3. The van der Waals surface area contributed by atoms with Gasteiger partial charge in [0.1, 0.15) is 23.6 Å². The molecule has 0 amide bonds. The van der Waals surface area contributed by atoms with Crippen LogP contribution in [0.15, 0.2) is 42.6 Å². The van der Waals surface area contributed by atoms with Crippen LogP contribution in [0.2, 0.25) is 0 Å². The van der Waals surface area contributed by atoms with Crippen LogP contribution in [0.25, 0.3) is 10.9 Å². The standard InChI is InChI=1S/C29H34F3N3O3/c1-19-18-34-26-4-3-23(38-2)16-24(26)28(19)25(32)5-6-29(17-27(36)37)7-10-35(11-8-29)12-9-33-22-14-20(30)13-21(31)15-22/h3-4,13-16,18,25,33H,5-12,17H2,1-2H3,(H,36,37)/t25-/m1/s1. The van der Waals surface area contributed by atoms with Crippen molar-refractivity contribution in [3.8, 4) is 5.75 Å². The van der Waals surface area contributed by atoms with Gasteiger partial charge in [-0.1, -0.05) is 0 Å². The van der Waals surface area contributed by atoms with Crippen molar-refractivity contribution in [2.24, 2.45) is 5.41 Å². The van der Waals surface area contributed by atoms with E-state index in [4.69, 9.17) is 4.74 Å². The Morgan fingerprint density at radius 1 is 1.18 bits per heavy atom. The van der Waals surface area contributed by atoms with E-state index < -0.39 is 29.2 Å². The summed E-state index contributed by atoms with van der Waals surface area (Å²) in [5.41, 5.74) is 1.92. The van der Waals surface area contributed by atoms with Crippen LogP contribution >= 0.6 is 0 Å². The predicted octanol–water partition coefficient (Wildman–Crippen LogP) is 6.29. The normalized spacial score (nSPS) is 16.3. The minimum absolute atomic E-state index is 0.00171. The van der Waals surface area contributed by atoms with Gasteiger partial charge < -0.3 is 20.1 Å². The van der Waals surface area contributed by atoms with E-state index in [1.54, 1.807) is 25.4 Å². The first-order valence-electron chi connectivity index (χ1n) is 12.9. The number of piperidine rings is 1. The first kappa shape index (κ1) is 27.7. The Morgan fingerprint density at radius 2 is 1.89 bits per heavy atom. The van der Waals surface area contributed by atoms with Crippen molar-refractivity contribution in [2.75, 3.05) is 38.6 Å². The van der Waals surface area contributed by atoms with E-state index in [0.717, 1.165) is 11.6 Å². The highest BCUT2D eigenvalue weighted by molar-refractivity contribution is 5.85. The van der Waals surface area contributed by atoms with E-state index in [-0.39, 0.29) is 12.8 Å². The molecular weight excluding hydrogens is 495 g/mol. The van der Waals surface area contributed by atoms with Crippen molar-refractivity contribution in [1.82, 2.24) is 9.88 Å². The van der Waals surface area contributed by atoms with Gasteiger partial charge in [-0.15, -0.1) is 0 Å². The molecular formula is C29H34F3N3O3. The Balaban J connectivity index is 1.38. The third-order valence-corrected chi connectivity index (χ3v) is 7.62. The van der Waals surface area contributed by atoms with Gasteiger partial charge in [0.15, 0.2) is 0 Å². The summed E-state index contributed by atoms with van der Waals surface area (Å²) >= 11 is 0.